The van der Waals surface area contributed by atoms with E-state index in [0.717, 1.165) is 54.9 Å². The summed E-state index contributed by atoms with van der Waals surface area (Å²) < 4.78 is 2.04. The van der Waals surface area contributed by atoms with E-state index in [-0.39, 0.29) is 5.91 Å². The maximum absolute atomic E-state index is 12.4. The van der Waals surface area contributed by atoms with Crippen molar-refractivity contribution in [3.8, 4) is 5.69 Å². The Morgan fingerprint density at radius 1 is 1.09 bits per heavy atom. The smallest absolute Gasteiger partial charge is 0.253 e. The number of rotatable bonds is 3. The van der Waals surface area contributed by atoms with Crippen LogP contribution in [0, 0.1) is 13.8 Å². The molecular weight excluding hydrogens is 276 g/mol. The third kappa shape index (κ3) is 2.45. The minimum absolute atomic E-state index is 0.110. The summed E-state index contributed by atoms with van der Waals surface area (Å²) in [4.78, 5) is 25.3. The molecule has 1 aliphatic rings. The molecule has 4 heteroatoms. The third-order valence-electron chi connectivity index (χ3n) is 4.36. The van der Waals surface area contributed by atoms with Crippen LogP contribution in [-0.2, 0) is 0 Å². The number of carbonyl (C=O) groups is 2. The number of aromatic nitrogens is 1. The van der Waals surface area contributed by atoms with Crippen molar-refractivity contribution in [2.75, 3.05) is 13.1 Å². The Labute approximate surface area is 130 Å². The van der Waals surface area contributed by atoms with E-state index in [0.29, 0.717) is 5.56 Å². The molecule has 0 unspecified atom stereocenters. The first-order chi connectivity index (χ1) is 10.6. The summed E-state index contributed by atoms with van der Waals surface area (Å²) in [6.45, 7) is 5.63. The highest BCUT2D eigenvalue weighted by Gasteiger charge is 2.19. The number of hydrogen-bond donors (Lipinski definition) is 0. The van der Waals surface area contributed by atoms with E-state index in [2.05, 4.69) is 0 Å². The van der Waals surface area contributed by atoms with E-state index in [1.165, 1.54) is 0 Å². The van der Waals surface area contributed by atoms with E-state index < -0.39 is 0 Å². The molecule has 0 saturated carbocycles. The van der Waals surface area contributed by atoms with Crippen molar-refractivity contribution in [1.29, 1.82) is 0 Å². The van der Waals surface area contributed by atoms with Gasteiger partial charge in [0.05, 0.1) is 0 Å². The van der Waals surface area contributed by atoms with E-state index in [1.54, 1.807) is 0 Å². The molecular formula is C18H20N2O2. The second-order valence-electron chi connectivity index (χ2n) is 5.83. The first-order valence-electron chi connectivity index (χ1n) is 7.65. The molecule has 1 aromatic carbocycles. The Morgan fingerprint density at radius 3 is 2.27 bits per heavy atom. The van der Waals surface area contributed by atoms with E-state index in [4.69, 9.17) is 0 Å². The first kappa shape index (κ1) is 14.6. The zero-order valence-electron chi connectivity index (χ0n) is 13.0. The van der Waals surface area contributed by atoms with Crippen molar-refractivity contribution >= 4 is 12.2 Å². The van der Waals surface area contributed by atoms with Crippen LogP contribution in [0.25, 0.3) is 5.69 Å². The lowest BCUT2D eigenvalue weighted by Gasteiger charge is -2.16. The summed E-state index contributed by atoms with van der Waals surface area (Å²) in [5.74, 6) is 0.110. The fourth-order valence-electron chi connectivity index (χ4n) is 3.16. The van der Waals surface area contributed by atoms with Gasteiger partial charge in [-0.2, -0.15) is 0 Å². The zero-order valence-corrected chi connectivity index (χ0v) is 13.0. The molecule has 0 N–H and O–H groups in total. The molecule has 1 saturated heterocycles. The van der Waals surface area contributed by atoms with Crippen LogP contribution in [0.3, 0.4) is 0 Å². The van der Waals surface area contributed by atoms with Gasteiger partial charge in [0.2, 0.25) is 0 Å². The van der Waals surface area contributed by atoms with Gasteiger partial charge in [-0.25, -0.2) is 0 Å². The monoisotopic (exact) mass is 296 g/mol. The molecule has 0 bridgehead atoms. The van der Waals surface area contributed by atoms with E-state index in [1.807, 2.05) is 53.6 Å². The number of benzene rings is 1. The van der Waals surface area contributed by atoms with Crippen LogP contribution in [0.15, 0.2) is 30.3 Å². The topological polar surface area (TPSA) is 42.3 Å². The van der Waals surface area contributed by atoms with Crippen LogP contribution in [0.1, 0.15) is 44.9 Å². The van der Waals surface area contributed by atoms with Crippen molar-refractivity contribution in [2.45, 2.75) is 26.7 Å². The molecule has 0 aliphatic carbocycles. The van der Waals surface area contributed by atoms with Gasteiger partial charge in [-0.15, -0.1) is 0 Å². The molecule has 1 amide bonds. The summed E-state index contributed by atoms with van der Waals surface area (Å²) in [7, 11) is 0. The fourth-order valence-corrected chi connectivity index (χ4v) is 3.16. The summed E-state index contributed by atoms with van der Waals surface area (Å²) in [5.41, 5.74) is 4.34. The average molecular weight is 296 g/mol. The van der Waals surface area contributed by atoms with Crippen LogP contribution in [0.5, 0.6) is 0 Å². The number of likely N-dealkylation sites (tertiary alicyclic amines) is 1. The zero-order chi connectivity index (χ0) is 15.7. The normalized spacial score (nSPS) is 14.4. The number of nitrogens with zero attached hydrogens (tertiary/aromatic N) is 2. The van der Waals surface area contributed by atoms with E-state index >= 15 is 0 Å². The first-order valence-corrected chi connectivity index (χ1v) is 7.65. The van der Waals surface area contributed by atoms with Crippen LogP contribution in [0.4, 0.5) is 0 Å². The highest BCUT2D eigenvalue weighted by Crippen LogP contribution is 2.21. The summed E-state index contributed by atoms with van der Waals surface area (Å²) in [6.07, 6.45) is 3.07. The van der Waals surface area contributed by atoms with Gasteiger partial charge >= 0.3 is 0 Å². The highest BCUT2D eigenvalue weighted by molar-refractivity contribution is 5.94. The molecule has 0 radical (unpaired) electrons. The van der Waals surface area contributed by atoms with Crippen molar-refractivity contribution in [2.24, 2.45) is 0 Å². The molecule has 4 nitrogen and oxygen atoms in total. The Balaban J connectivity index is 1.90. The van der Waals surface area contributed by atoms with Gasteiger partial charge < -0.3 is 9.47 Å². The third-order valence-corrected chi connectivity index (χ3v) is 4.36. The standard InChI is InChI=1S/C18H20N2O2/c1-13-11-16(12-21)14(2)20(13)17-7-5-15(6-8-17)18(22)19-9-3-4-10-19/h5-8,11-12H,3-4,9-10H2,1-2H3. The largest absolute Gasteiger partial charge is 0.339 e. The average Bonchev–Trinajstić information content (AvgIpc) is 3.15. The van der Waals surface area contributed by atoms with Crippen LogP contribution >= 0.6 is 0 Å². The molecule has 1 aliphatic heterocycles. The number of aryl methyl sites for hydroxylation is 1. The Morgan fingerprint density at radius 2 is 1.73 bits per heavy atom. The minimum Gasteiger partial charge on any atom is -0.339 e. The van der Waals surface area contributed by atoms with Crippen molar-refractivity contribution in [3.63, 3.8) is 0 Å². The lowest BCUT2D eigenvalue weighted by atomic mass is 10.1. The molecule has 114 valence electrons. The maximum Gasteiger partial charge on any atom is 0.253 e. The fraction of sp³-hybridized carbons (Fsp3) is 0.333. The van der Waals surface area contributed by atoms with Gasteiger partial charge in [-0.1, -0.05) is 0 Å². The predicted molar refractivity (Wildman–Crippen MR) is 85.8 cm³/mol. The Hall–Kier alpha value is -2.36. The molecule has 3 rings (SSSR count). The molecule has 1 fully saturated rings. The second kappa shape index (κ2) is 5.79. The molecule has 0 atom stereocenters. The van der Waals surface area contributed by atoms with Gasteiger partial charge in [0.25, 0.3) is 5.91 Å². The summed E-state index contributed by atoms with van der Waals surface area (Å²) >= 11 is 0. The van der Waals surface area contributed by atoms with Crippen LogP contribution < -0.4 is 0 Å². The Kier molecular flexibility index (Phi) is 3.84. The predicted octanol–water partition coefficient (Wildman–Crippen LogP) is 3.14. The second-order valence-corrected chi connectivity index (χ2v) is 5.83. The Bertz CT molecular complexity index is 707. The van der Waals surface area contributed by atoms with Crippen LogP contribution in [-0.4, -0.2) is 34.7 Å². The molecule has 1 aromatic heterocycles. The molecule has 22 heavy (non-hydrogen) atoms. The SMILES string of the molecule is Cc1cc(C=O)c(C)n1-c1ccc(C(=O)N2CCCC2)cc1. The molecule has 2 heterocycles. The van der Waals surface area contributed by atoms with E-state index in [9.17, 15) is 9.59 Å². The van der Waals surface area contributed by atoms with Crippen LogP contribution in [0.2, 0.25) is 0 Å². The molecule has 0 spiro atoms. The molecule has 2 aromatic rings. The maximum atomic E-state index is 12.4. The summed E-state index contributed by atoms with van der Waals surface area (Å²) in [5, 5.41) is 0. The van der Waals surface area contributed by atoms with Gasteiger partial charge in [-0.3, -0.25) is 9.59 Å². The summed E-state index contributed by atoms with van der Waals surface area (Å²) in [6, 6.07) is 9.51. The quantitative estimate of drug-likeness (QED) is 0.817. The van der Waals surface area contributed by atoms with Gasteiger partial charge in [0, 0.05) is 41.3 Å². The van der Waals surface area contributed by atoms with Crippen molar-refractivity contribution in [3.05, 3.63) is 52.8 Å². The van der Waals surface area contributed by atoms with Gasteiger partial charge in [0.1, 0.15) is 0 Å². The minimum atomic E-state index is 0.110. The van der Waals surface area contributed by atoms with Crippen molar-refractivity contribution < 1.29 is 9.59 Å². The number of hydrogen-bond acceptors (Lipinski definition) is 2. The lowest BCUT2D eigenvalue weighted by molar-refractivity contribution is 0.0792. The number of aldehydes is 1. The lowest BCUT2D eigenvalue weighted by Crippen LogP contribution is -2.27. The van der Waals surface area contributed by atoms with Gasteiger partial charge in [0.15, 0.2) is 6.29 Å². The highest BCUT2D eigenvalue weighted by atomic mass is 16.2. The number of amides is 1. The van der Waals surface area contributed by atoms with Gasteiger partial charge in [-0.05, 0) is 57.0 Å². The number of carbonyl (C=O) groups excluding carboxylic acids is 2. The van der Waals surface area contributed by atoms with Crippen molar-refractivity contribution in [1.82, 2.24) is 9.47 Å².